The molecule has 2 nitrogen and oxygen atoms in total. The molecule has 0 saturated heterocycles. The lowest BCUT2D eigenvalue weighted by Crippen LogP contribution is -2.50. The number of hydrogen-bond donors (Lipinski definition) is 0. The molecule has 2 rings (SSSR count). The highest BCUT2D eigenvalue weighted by molar-refractivity contribution is 6.95. The molecule has 0 atom stereocenters. The van der Waals surface area contributed by atoms with E-state index in [2.05, 4.69) is 69.1 Å². The van der Waals surface area contributed by atoms with Crippen molar-refractivity contribution in [1.29, 1.82) is 0 Å². The van der Waals surface area contributed by atoms with Crippen molar-refractivity contribution in [3.05, 3.63) is 30.0 Å². The minimum atomic E-state index is -1.30. The molecule has 0 aliphatic heterocycles. The zero-order valence-electron chi connectivity index (χ0n) is 13.3. The summed E-state index contributed by atoms with van der Waals surface area (Å²) < 4.78 is 2.36. The minimum Gasteiger partial charge on any atom is -0.267 e. The van der Waals surface area contributed by atoms with Crippen LogP contribution < -0.4 is 0 Å². The van der Waals surface area contributed by atoms with Crippen LogP contribution in [-0.4, -0.2) is 25.9 Å². The summed E-state index contributed by atoms with van der Waals surface area (Å²) in [6, 6.07) is 6.51. The van der Waals surface area contributed by atoms with Crippen molar-refractivity contribution in [1.82, 2.24) is 9.78 Å². The maximum absolute atomic E-state index is 4.78. The molecule has 0 fully saturated rings. The first-order valence-electron chi connectivity index (χ1n) is 7.05. The zero-order chi connectivity index (χ0) is 14.4. The molecule has 0 unspecified atom stereocenters. The number of fused-ring (bicyclic) bond motifs is 1. The average molecular weight is 291 g/mol. The molecule has 1 aromatic heterocycles. The van der Waals surface area contributed by atoms with Crippen LogP contribution in [0.15, 0.2) is 24.4 Å². The molecule has 0 amide bonds. The number of nitrogens with zero attached hydrogens (tertiary/aromatic N) is 2. The molecule has 0 saturated carbocycles. The van der Waals surface area contributed by atoms with Gasteiger partial charge in [-0.05, 0) is 12.5 Å². The Morgan fingerprint density at radius 2 is 1.58 bits per heavy atom. The van der Waals surface area contributed by atoms with Gasteiger partial charge in [-0.1, -0.05) is 57.5 Å². The van der Waals surface area contributed by atoms with E-state index in [1.807, 2.05) is 6.20 Å². The Kier molecular flexibility index (Phi) is 3.51. The van der Waals surface area contributed by atoms with Crippen LogP contribution in [0.4, 0.5) is 0 Å². The van der Waals surface area contributed by atoms with Gasteiger partial charge in [0.25, 0.3) is 0 Å². The highest BCUT2D eigenvalue weighted by Crippen LogP contribution is 2.33. The Labute approximate surface area is 118 Å². The highest BCUT2D eigenvalue weighted by Gasteiger charge is 2.40. The van der Waals surface area contributed by atoms with Crippen molar-refractivity contribution in [2.45, 2.75) is 51.5 Å². The molecule has 19 heavy (non-hydrogen) atoms. The van der Waals surface area contributed by atoms with E-state index in [1.54, 1.807) is 0 Å². The fourth-order valence-corrected chi connectivity index (χ4v) is 15.8. The van der Waals surface area contributed by atoms with E-state index in [4.69, 9.17) is 5.10 Å². The second-order valence-electron chi connectivity index (χ2n) is 7.74. The van der Waals surface area contributed by atoms with Crippen LogP contribution in [0.3, 0.4) is 0 Å². The van der Waals surface area contributed by atoms with E-state index in [9.17, 15) is 0 Å². The molecular weight excluding hydrogens is 264 g/mol. The van der Waals surface area contributed by atoms with Gasteiger partial charge in [0.2, 0.25) is 0 Å². The lowest BCUT2D eigenvalue weighted by Gasteiger charge is -2.39. The summed E-state index contributed by atoms with van der Waals surface area (Å²) in [6.07, 6.45) is 2.04. The fraction of sp³-hybridized carbons (Fsp3) is 0.533. The monoisotopic (exact) mass is 290 g/mol. The average Bonchev–Trinajstić information content (AvgIpc) is 2.58. The molecule has 104 valence electrons. The van der Waals surface area contributed by atoms with Gasteiger partial charge in [0.05, 0.1) is 27.9 Å². The predicted molar refractivity (Wildman–Crippen MR) is 90.2 cm³/mol. The van der Waals surface area contributed by atoms with Gasteiger partial charge < -0.3 is 0 Å². The number of benzene rings is 1. The van der Waals surface area contributed by atoms with Gasteiger partial charge in [-0.15, -0.1) is 0 Å². The maximum atomic E-state index is 4.78. The molecule has 0 aliphatic carbocycles. The van der Waals surface area contributed by atoms with Crippen molar-refractivity contribution in [3.8, 4) is 0 Å². The predicted octanol–water partition coefficient (Wildman–Crippen LogP) is 4.64. The summed E-state index contributed by atoms with van der Waals surface area (Å²) >= 11 is 0. The third-order valence-electron chi connectivity index (χ3n) is 3.70. The largest absolute Gasteiger partial charge is 0.267 e. The lowest BCUT2D eigenvalue weighted by atomic mass is 10.2. The molecule has 1 heterocycles. The third-order valence-corrected chi connectivity index (χ3v) is 12.7. The summed E-state index contributed by atoms with van der Waals surface area (Å²) in [7, 11) is -2.61. The van der Waals surface area contributed by atoms with Crippen molar-refractivity contribution in [2.75, 3.05) is 0 Å². The summed E-state index contributed by atoms with van der Waals surface area (Å²) in [4.78, 5) is 0. The van der Waals surface area contributed by atoms with Gasteiger partial charge in [0.15, 0.2) is 0 Å². The fourth-order valence-electron chi connectivity index (χ4n) is 3.51. The zero-order valence-corrected chi connectivity index (χ0v) is 15.3. The summed E-state index contributed by atoms with van der Waals surface area (Å²) in [6.45, 7) is 17.0. The normalized spacial score (nSPS) is 13.5. The van der Waals surface area contributed by atoms with Crippen LogP contribution in [0.1, 0.15) is 10.9 Å². The topological polar surface area (TPSA) is 17.8 Å². The van der Waals surface area contributed by atoms with E-state index in [-0.39, 0.29) is 0 Å². The van der Waals surface area contributed by atoms with Crippen LogP contribution in [0.25, 0.3) is 10.9 Å². The molecule has 0 bridgehead atoms. The quantitative estimate of drug-likeness (QED) is 0.753. The minimum absolute atomic E-state index is 0.638. The molecule has 0 N–H and O–H groups in total. The van der Waals surface area contributed by atoms with Gasteiger partial charge in [0.1, 0.15) is 0 Å². The lowest BCUT2D eigenvalue weighted by molar-refractivity contribution is 0.705. The molecule has 2 aromatic rings. The SMILES string of the molecule is Cc1cccc2cnn(C([Si](C)(C)C)[Si](C)(C)C)c12. The Hall–Kier alpha value is -0.876. The Balaban J connectivity index is 2.71. The van der Waals surface area contributed by atoms with Crippen molar-refractivity contribution in [2.24, 2.45) is 0 Å². The van der Waals surface area contributed by atoms with Gasteiger partial charge in [-0.25, -0.2) is 0 Å². The van der Waals surface area contributed by atoms with Crippen LogP contribution in [0, 0.1) is 6.92 Å². The van der Waals surface area contributed by atoms with E-state index < -0.39 is 16.1 Å². The molecular formula is C15H26N2Si2. The van der Waals surface area contributed by atoms with Crippen molar-refractivity contribution >= 4 is 27.1 Å². The summed E-state index contributed by atoms with van der Waals surface area (Å²) in [5, 5.41) is 6.69. The molecule has 1 aromatic carbocycles. The number of rotatable bonds is 3. The smallest absolute Gasteiger partial charge is 0.0707 e. The van der Waals surface area contributed by atoms with Crippen LogP contribution in [-0.2, 0) is 0 Å². The summed E-state index contributed by atoms with van der Waals surface area (Å²) in [5.41, 5.74) is 2.69. The maximum Gasteiger partial charge on any atom is 0.0707 e. The van der Waals surface area contributed by atoms with Gasteiger partial charge in [-0.3, -0.25) is 4.68 Å². The van der Waals surface area contributed by atoms with Gasteiger partial charge in [-0.2, -0.15) is 5.10 Å². The summed E-state index contributed by atoms with van der Waals surface area (Å²) in [5.74, 6) is 0. The Morgan fingerprint density at radius 1 is 1.00 bits per heavy atom. The van der Waals surface area contributed by atoms with Gasteiger partial charge >= 0.3 is 0 Å². The van der Waals surface area contributed by atoms with E-state index in [0.717, 1.165) is 0 Å². The number of aromatic nitrogens is 2. The second-order valence-corrected chi connectivity index (χ2v) is 18.9. The van der Waals surface area contributed by atoms with E-state index in [1.165, 1.54) is 16.5 Å². The highest BCUT2D eigenvalue weighted by atomic mass is 28.4. The second kappa shape index (κ2) is 4.60. The number of hydrogen-bond acceptors (Lipinski definition) is 1. The molecule has 0 spiro atoms. The molecule has 0 aliphatic rings. The van der Waals surface area contributed by atoms with Crippen LogP contribution in [0.2, 0.25) is 39.3 Å². The first-order valence-corrected chi connectivity index (χ1v) is 14.2. The van der Waals surface area contributed by atoms with E-state index >= 15 is 0 Å². The Bertz CT molecular complexity index is 574. The molecule has 0 radical (unpaired) electrons. The van der Waals surface area contributed by atoms with Crippen LogP contribution >= 0.6 is 0 Å². The van der Waals surface area contributed by atoms with Crippen molar-refractivity contribution < 1.29 is 0 Å². The third kappa shape index (κ3) is 2.69. The van der Waals surface area contributed by atoms with E-state index in [0.29, 0.717) is 5.29 Å². The Morgan fingerprint density at radius 3 is 2.11 bits per heavy atom. The number of para-hydroxylation sites is 1. The van der Waals surface area contributed by atoms with Gasteiger partial charge in [0, 0.05) is 10.7 Å². The van der Waals surface area contributed by atoms with Crippen molar-refractivity contribution in [3.63, 3.8) is 0 Å². The first-order chi connectivity index (χ1) is 8.62. The first kappa shape index (κ1) is 14.5. The van der Waals surface area contributed by atoms with Crippen LogP contribution in [0.5, 0.6) is 0 Å². The standard InChI is InChI=1S/C15H26N2Si2/c1-12-9-8-10-13-11-16-17(14(12)13)15(18(2,3)4)19(5,6)7/h8-11,15H,1-7H3. The molecule has 4 heteroatoms. The number of aryl methyl sites for hydroxylation is 1.